The standard InChI is InChI=1S/C35H45N9O16P2/c1-3-4-10-24(45)42(2)20(12-11-19-8-6-5-7-9-19)34(48)59-28-21(57-33(26(28)46)44-18-40-25-30(37)38-17-39-31(25)44)16-56-62(53,54)60-29-22(15-55-61(50,51)52)58-32(27(29)47)43-14-13-23(36)41-35(43)49/h3,5-9,13-14,17-18,20-22,26-29,32-33,46-47H,1,4,10-12,15-16H2,2H3,(H,53,54)(H2,36,41,49)(H2,37,38,39)(H2,50,51,52)/t20-,21+,22-,26-,27-,28-,29-,32-,33-/m1/s1. The highest BCUT2D eigenvalue weighted by atomic mass is 31.2. The number of aliphatic hydroxyl groups is 2. The van der Waals surface area contributed by atoms with Crippen LogP contribution in [0.15, 0.2) is 72.7 Å². The van der Waals surface area contributed by atoms with Crippen molar-refractivity contribution in [3.8, 4) is 0 Å². The molecule has 2 fully saturated rings. The highest BCUT2D eigenvalue weighted by Crippen LogP contribution is 2.50. The zero-order valence-corrected chi connectivity index (χ0v) is 34.6. The smallest absolute Gasteiger partial charge is 0.455 e. The van der Waals surface area contributed by atoms with E-state index in [1.807, 2.05) is 30.3 Å². The molecule has 5 heterocycles. The molecule has 0 saturated carbocycles. The molecule has 2 aliphatic heterocycles. The van der Waals surface area contributed by atoms with Crippen LogP contribution in [-0.4, -0.2) is 134 Å². The summed E-state index contributed by atoms with van der Waals surface area (Å²) in [5, 5.41) is 22.9. The Morgan fingerprint density at radius 2 is 1.63 bits per heavy atom. The molecule has 336 valence electrons. The lowest BCUT2D eigenvalue weighted by molar-refractivity contribution is -0.165. The van der Waals surface area contributed by atoms with Gasteiger partial charge in [0.2, 0.25) is 5.91 Å². The number of aliphatic hydroxyl groups excluding tert-OH is 2. The third-order valence-electron chi connectivity index (χ3n) is 9.97. The van der Waals surface area contributed by atoms with Gasteiger partial charge in [-0.15, -0.1) is 6.58 Å². The lowest BCUT2D eigenvalue weighted by Crippen LogP contribution is -2.47. The minimum atomic E-state index is -5.41. The Bertz CT molecular complexity index is 2380. The molecule has 25 nitrogen and oxygen atoms in total. The Labute approximate surface area is 351 Å². The Morgan fingerprint density at radius 1 is 0.968 bits per heavy atom. The summed E-state index contributed by atoms with van der Waals surface area (Å²) in [4.78, 5) is 86.5. The monoisotopic (exact) mass is 909 g/mol. The van der Waals surface area contributed by atoms with Crippen LogP contribution in [0.1, 0.15) is 37.3 Å². The number of carbonyl (C=O) groups is 2. The fourth-order valence-corrected chi connectivity index (χ4v) is 8.15. The second-order valence-electron chi connectivity index (χ2n) is 14.1. The van der Waals surface area contributed by atoms with Crippen LogP contribution in [0.5, 0.6) is 0 Å². The first-order valence-corrected chi connectivity index (χ1v) is 21.8. The molecular formula is C35H45N9O16P2. The number of likely N-dealkylation sites (N-methyl/N-ethyl adjacent to an activating group) is 1. The largest absolute Gasteiger partial charge is 0.472 e. The predicted octanol–water partition coefficient (Wildman–Crippen LogP) is -0.286. The number of phosphoric ester groups is 2. The van der Waals surface area contributed by atoms with Crippen molar-refractivity contribution in [1.29, 1.82) is 0 Å². The number of allylic oxidation sites excluding steroid dienone is 1. The van der Waals surface area contributed by atoms with Gasteiger partial charge in [-0.05, 0) is 30.9 Å². The van der Waals surface area contributed by atoms with Crippen LogP contribution in [0.25, 0.3) is 11.2 Å². The molecule has 1 unspecified atom stereocenters. The van der Waals surface area contributed by atoms with Crippen molar-refractivity contribution < 1.29 is 71.4 Å². The number of imidazole rings is 1. The van der Waals surface area contributed by atoms with Gasteiger partial charge in [0.1, 0.15) is 54.2 Å². The van der Waals surface area contributed by atoms with Crippen LogP contribution in [0.4, 0.5) is 11.6 Å². The summed E-state index contributed by atoms with van der Waals surface area (Å²) in [6.45, 7) is 1.67. The molecule has 1 aromatic carbocycles. The van der Waals surface area contributed by atoms with Gasteiger partial charge >= 0.3 is 27.3 Å². The number of hydrogen-bond donors (Lipinski definition) is 7. The molecule has 0 spiro atoms. The molecule has 2 saturated heterocycles. The zero-order valence-electron chi connectivity index (χ0n) is 32.8. The summed E-state index contributed by atoms with van der Waals surface area (Å²) in [6, 6.07) is 9.12. The Hall–Kier alpha value is -5.01. The van der Waals surface area contributed by atoms with E-state index < -0.39 is 102 Å². The van der Waals surface area contributed by atoms with Crippen molar-refractivity contribution in [2.75, 3.05) is 31.7 Å². The molecule has 9 N–H and O–H groups in total. The van der Waals surface area contributed by atoms with E-state index in [-0.39, 0.29) is 35.6 Å². The van der Waals surface area contributed by atoms with Crippen molar-refractivity contribution in [1.82, 2.24) is 34.0 Å². The first-order chi connectivity index (χ1) is 29.4. The van der Waals surface area contributed by atoms with Gasteiger partial charge in [0.15, 0.2) is 30.0 Å². The number of esters is 1. The molecular weight excluding hydrogens is 864 g/mol. The number of carbonyl (C=O) groups excluding carboxylic acids is 2. The second-order valence-corrected chi connectivity index (χ2v) is 16.8. The average Bonchev–Trinajstić information content (AvgIpc) is 3.88. The fraction of sp³-hybridized carbons (Fsp3) is 0.457. The van der Waals surface area contributed by atoms with Gasteiger partial charge in [-0.25, -0.2) is 33.7 Å². The maximum Gasteiger partial charge on any atom is 0.472 e. The van der Waals surface area contributed by atoms with Crippen LogP contribution in [0.2, 0.25) is 0 Å². The fourth-order valence-electron chi connectivity index (χ4n) is 6.85. The van der Waals surface area contributed by atoms with Gasteiger partial charge in [-0.2, -0.15) is 4.98 Å². The van der Waals surface area contributed by atoms with E-state index in [0.29, 0.717) is 12.8 Å². The Morgan fingerprint density at radius 3 is 2.31 bits per heavy atom. The van der Waals surface area contributed by atoms with Crippen molar-refractivity contribution in [2.45, 2.75) is 80.8 Å². The molecule has 6 rings (SSSR count). The minimum Gasteiger partial charge on any atom is -0.455 e. The van der Waals surface area contributed by atoms with Crippen molar-refractivity contribution in [2.24, 2.45) is 0 Å². The molecule has 2 aliphatic rings. The van der Waals surface area contributed by atoms with Crippen molar-refractivity contribution in [3.05, 3.63) is 84.0 Å². The highest BCUT2D eigenvalue weighted by Gasteiger charge is 2.52. The summed E-state index contributed by atoms with van der Waals surface area (Å²) in [6.07, 6.45) is -7.97. The van der Waals surface area contributed by atoms with E-state index in [9.17, 15) is 48.4 Å². The number of fused-ring (bicyclic) bond motifs is 1. The lowest BCUT2D eigenvalue weighted by Gasteiger charge is -2.30. The number of amides is 1. The first kappa shape index (κ1) is 46.5. The topological polar surface area (TPSA) is 359 Å². The number of nitrogens with zero attached hydrogens (tertiary/aromatic N) is 7. The molecule has 0 aliphatic carbocycles. The summed E-state index contributed by atoms with van der Waals surface area (Å²) >= 11 is 0. The molecule has 10 atom stereocenters. The number of aryl methyl sites for hydroxylation is 1. The van der Waals surface area contributed by atoms with E-state index in [1.54, 1.807) is 6.08 Å². The SMILES string of the molecule is C=CCCC(=O)N(C)[C@H](CCc1ccccc1)C(=O)O[C@H]1[C@@H](O)[C@H](n2cnc3c(N)ncnc32)O[C@H]1COP(=O)(O)O[C@H]1[C@@H](O)[C@H](n2ccc(N)nc2=O)O[C@@H]1COP(=O)(O)O. The maximum absolute atomic E-state index is 14.1. The van der Waals surface area contributed by atoms with E-state index in [0.717, 1.165) is 22.7 Å². The highest BCUT2D eigenvalue weighted by molar-refractivity contribution is 7.47. The number of nitrogen functional groups attached to an aromatic ring is 2. The van der Waals surface area contributed by atoms with Gasteiger partial charge < -0.3 is 55.5 Å². The van der Waals surface area contributed by atoms with E-state index in [4.69, 9.17) is 34.7 Å². The van der Waals surface area contributed by atoms with Crippen molar-refractivity contribution >= 4 is 50.3 Å². The summed E-state index contributed by atoms with van der Waals surface area (Å²) in [7, 11) is -9.15. The Kier molecular flexibility index (Phi) is 14.7. The Balaban J connectivity index is 1.26. The van der Waals surface area contributed by atoms with Crippen LogP contribution >= 0.6 is 15.6 Å². The lowest BCUT2D eigenvalue weighted by atomic mass is 10.0. The average molecular weight is 910 g/mol. The van der Waals surface area contributed by atoms with E-state index >= 15 is 0 Å². The maximum atomic E-state index is 14.1. The zero-order chi connectivity index (χ0) is 44.9. The minimum absolute atomic E-state index is 0.00441. The van der Waals surface area contributed by atoms with E-state index in [2.05, 4.69) is 31.0 Å². The van der Waals surface area contributed by atoms with Gasteiger partial charge in [-0.1, -0.05) is 36.4 Å². The summed E-state index contributed by atoms with van der Waals surface area (Å²) in [5.41, 5.74) is 11.6. The van der Waals surface area contributed by atoms with Gasteiger partial charge in [0, 0.05) is 19.7 Å². The molecule has 1 amide bonds. The first-order valence-electron chi connectivity index (χ1n) is 18.8. The number of ether oxygens (including phenoxy) is 3. The van der Waals surface area contributed by atoms with Gasteiger partial charge in [-0.3, -0.25) is 27.5 Å². The quantitative estimate of drug-likeness (QED) is 0.0361. The van der Waals surface area contributed by atoms with Crippen LogP contribution in [-0.2, 0) is 52.9 Å². The molecule has 62 heavy (non-hydrogen) atoms. The van der Waals surface area contributed by atoms with Crippen LogP contribution < -0.4 is 17.2 Å². The number of phosphoric acid groups is 2. The van der Waals surface area contributed by atoms with Gasteiger partial charge in [0.25, 0.3) is 0 Å². The summed E-state index contributed by atoms with van der Waals surface area (Å²) < 4.78 is 59.8. The molecule has 3 aromatic heterocycles. The van der Waals surface area contributed by atoms with E-state index in [1.165, 1.54) is 28.9 Å². The summed E-state index contributed by atoms with van der Waals surface area (Å²) in [5.74, 6) is -1.55. The number of benzene rings is 1. The number of anilines is 2. The molecule has 27 heteroatoms. The number of aromatic nitrogens is 6. The van der Waals surface area contributed by atoms with Gasteiger partial charge in [0.05, 0.1) is 19.5 Å². The van der Waals surface area contributed by atoms with Crippen LogP contribution in [0.3, 0.4) is 0 Å². The number of hydrogen-bond acceptors (Lipinski definition) is 19. The number of rotatable bonds is 19. The second kappa shape index (κ2) is 19.6. The predicted molar refractivity (Wildman–Crippen MR) is 212 cm³/mol. The molecule has 4 aromatic rings. The normalized spacial score (nSPS) is 25.3. The third kappa shape index (κ3) is 10.9. The molecule has 0 bridgehead atoms. The van der Waals surface area contributed by atoms with Crippen LogP contribution in [0, 0.1) is 0 Å². The van der Waals surface area contributed by atoms with Crippen molar-refractivity contribution in [3.63, 3.8) is 0 Å². The molecule has 0 radical (unpaired) electrons. The number of nitrogens with two attached hydrogens (primary N) is 2. The third-order valence-corrected chi connectivity index (χ3v) is 11.4.